The number of amides is 3. The number of benzene rings is 2. The van der Waals surface area contributed by atoms with Crippen molar-refractivity contribution in [3.05, 3.63) is 70.9 Å². The van der Waals surface area contributed by atoms with Crippen LogP contribution in [0.15, 0.2) is 48.5 Å². The molecular formula is C35H50N6O6. The standard InChI is InChI=1S/C29H35N5O4.C5H10O2.CH5N/c1-29(2,3)38-28(37)33-25(30)21-14-13-20-15-24(27(36)32-22-7-5-4-6-8-22)34(23(20)16-21)17-18-9-11-19(12-10-18)26(31)35;1-5(2,3)7-4-6;1-2/h9-16,22H,4-8,17H2,1-3H3,(H2,31,35)(H,32,36)(H2,30,33,37);4H,1-3H3;2H2,1H3. The highest BCUT2D eigenvalue weighted by molar-refractivity contribution is 6.07. The van der Waals surface area contributed by atoms with Crippen LogP contribution in [0.3, 0.4) is 0 Å². The van der Waals surface area contributed by atoms with Gasteiger partial charge in [0.25, 0.3) is 12.4 Å². The molecule has 3 aromatic rings. The van der Waals surface area contributed by atoms with E-state index in [1.165, 1.54) is 13.5 Å². The summed E-state index contributed by atoms with van der Waals surface area (Å²) in [5.74, 6) is -0.755. The van der Waals surface area contributed by atoms with Gasteiger partial charge in [-0.05, 0) is 91.3 Å². The van der Waals surface area contributed by atoms with E-state index in [0.717, 1.165) is 42.1 Å². The van der Waals surface area contributed by atoms with E-state index in [9.17, 15) is 19.2 Å². The van der Waals surface area contributed by atoms with E-state index < -0.39 is 17.6 Å². The fraction of sp³-hybridized carbons (Fsp3) is 0.457. The maximum Gasteiger partial charge on any atom is 0.413 e. The Labute approximate surface area is 277 Å². The highest BCUT2D eigenvalue weighted by atomic mass is 16.6. The summed E-state index contributed by atoms with van der Waals surface area (Å²) >= 11 is 0. The van der Waals surface area contributed by atoms with Crippen LogP contribution >= 0.6 is 0 Å². The zero-order valence-corrected chi connectivity index (χ0v) is 28.6. The summed E-state index contributed by atoms with van der Waals surface area (Å²) in [5, 5.41) is 14.9. The number of fused-ring (bicyclic) bond motifs is 1. The molecule has 12 heteroatoms. The highest BCUT2D eigenvalue weighted by Gasteiger charge is 2.22. The van der Waals surface area contributed by atoms with Gasteiger partial charge in [-0.3, -0.25) is 25.1 Å². The molecule has 0 aliphatic heterocycles. The predicted molar refractivity (Wildman–Crippen MR) is 184 cm³/mol. The summed E-state index contributed by atoms with van der Waals surface area (Å²) in [6.45, 7) is 11.6. The zero-order valence-electron chi connectivity index (χ0n) is 28.6. The van der Waals surface area contributed by atoms with Gasteiger partial charge in [0.05, 0.1) is 0 Å². The van der Waals surface area contributed by atoms with Gasteiger partial charge in [-0.15, -0.1) is 0 Å². The van der Waals surface area contributed by atoms with Gasteiger partial charge in [0, 0.05) is 34.6 Å². The van der Waals surface area contributed by atoms with E-state index in [0.29, 0.717) is 29.8 Å². The number of nitrogens with two attached hydrogens (primary N) is 2. The van der Waals surface area contributed by atoms with Crippen LogP contribution in [0.25, 0.3) is 10.9 Å². The monoisotopic (exact) mass is 650 g/mol. The Morgan fingerprint density at radius 1 is 0.915 bits per heavy atom. The van der Waals surface area contributed by atoms with Crippen molar-refractivity contribution in [3.8, 4) is 0 Å². The first kappa shape index (κ1) is 38.5. The molecule has 0 bridgehead atoms. The maximum atomic E-state index is 13.4. The second-order valence-electron chi connectivity index (χ2n) is 13.1. The molecule has 1 aromatic heterocycles. The first-order chi connectivity index (χ1) is 22.1. The maximum absolute atomic E-state index is 13.4. The van der Waals surface area contributed by atoms with Crippen molar-refractivity contribution < 1.29 is 28.7 Å². The average Bonchev–Trinajstić information content (AvgIpc) is 3.35. The van der Waals surface area contributed by atoms with E-state index in [4.69, 9.17) is 15.9 Å². The minimum atomic E-state index is -0.708. The number of aromatic nitrogens is 1. The molecule has 0 spiro atoms. The molecule has 47 heavy (non-hydrogen) atoms. The van der Waals surface area contributed by atoms with Crippen molar-refractivity contribution in [3.63, 3.8) is 0 Å². The molecule has 1 fully saturated rings. The number of hydrogen-bond acceptors (Lipinski definition) is 8. The molecule has 4 rings (SSSR count). The van der Waals surface area contributed by atoms with E-state index in [2.05, 4.69) is 21.1 Å². The third kappa shape index (κ3) is 12.5. The smallest absolute Gasteiger partial charge is 0.413 e. The summed E-state index contributed by atoms with van der Waals surface area (Å²) < 4.78 is 11.7. The summed E-state index contributed by atoms with van der Waals surface area (Å²) in [6, 6.07) is 14.3. The fourth-order valence-corrected chi connectivity index (χ4v) is 4.85. The Bertz CT molecular complexity index is 1530. The number of carbonyl (C=O) groups excluding carboxylic acids is 4. The van der Waals surface area contributed by atoms with Gasteiger partial charge in [0.1, 0.15) is 22.7 Å². The molecule has 1 aliphatic carbocycles. The van der Waals surface area contributed by atoms with Crippen molar-refractivity contribution in [1.29, 1.82) is 5.41 Å². The lowest BCUT2D eigenvalue weighted by molar-refractivity contribution is -0.138. The van der Waals surface area contributed by atoms with Gasteiger partial charge in [-0.2, -0.15) is 0 Å². The summed E-state index contributed by atoms with van der Waals surface area (Å²) in [4.78, 5) is 46.7. The largest absolute Gasteiger partial charge is 0.462 e. The number of nitrogens with one attached hydrogen (secondary N) is 3. The van der Waals surface area contributed by atoms with Crippen molar-refractivity contribution in [1.82, 2.24) is 15.2 Å². The molecule has 12 nitrogen and oxygen atoms in total. The minimum absolute atomic E-state index is 0.104. The van der Waals surface area contributed by atoms with Crippen molar-refractivity contribution in [2.24, 2.45) is 11.5 Å². The molecule has 0 saturated heterocycles. The zero-order chi connectivity index (χ0) is 35.4. The van der Waals surface area contributed by atoms with Crippen molar-refractivity contribution in [2.45, 2.75) is 97.4 Å². The summed E-state index contributed by atoms with van der Waals surface area (Å²) in [7, 11) is 1.50. The molecule has 1 saturated carbocycles. The summed E-state index contributed by atoms with van der Waals surface area (Å²) in [6.07, 6.45) is 4.64. The minimum Gasteiger partial charge on any atom is -0.462 e. The second kappa shape index (κ2) is 17.3. The first-order valence-corrected chi connectivity index (χ1v) is 15.7. The van der Waals surface area contributed by atoms with Crippen LogP contribution in [0.2, 0.25) is 0 Å². The number of amidine groups is 1. The van der Waals surface area contributed by atoms with Gasteiger partial charge in [-0.1, -0.05) is 43.5 Å². The average molecular weight is 651 g/mol. The number of hydrogen-bond donors (Lipinski definition) is 5. The first-order valence-electron chi connectivity index (χ1n) is 15.7. The van der Waals surface area contributed by atoms with E-state index in [1.807, 2.05) is 49.6 Å². The van der Waals surface area contributed by atoms with Crippen LogP contribution in [0, 0.1) is 5.41 Å². The quantitative estimate of drug-likeness (QED) is 0.131. The normalized spacial score (nSPS) is 13.2. The molecular weight excluding hydrogens is 600 g/mol. The Balaban J connectivity index is 0.000000756. The number of alkyl carbamates (subject to hydrolysis) is 1. The fourth-order valence-electron chi connectivity index (χ4n) is 4.85. The lowest BCUT2D eigenvalue weighted by Crippen LogP contribution is -2.37. The second-order valence-corrected chi connectivity index (χ2v) is 13.1. The number of ether oxygens (including phenoxy) is 2. The van der Waals surface area contributed by atoms with Crippen molar-refractivity contribution in [2.75, 3.05) is 7.05 Å². The van der Waals surface area contributed by atoms with E-state index in [-0.39, 0.29) is 23.4 Å². The highest BCUT2D eigenvalue weighted by Crippen LogP contribution is 2.25. The van der Waals surface area contributed by atoms with Gasteiger partial charge < -0.3 is 30.8 Å². The van der Waals surface area contributed by atoms with Gasteiger partial charge in [0.2, 0.25) is 5.91 Å². The third-order valence-electron chi connectivity index (χ3n) is 6.97. The van der Waals surface area contributed by atoms with Crippen LogP contribution in [-0.2, 0) is 20.8 Å². The molecule has 0 unspecified atom stereocenters. The lowest BCUT2D eigenvalue weighted by atomic mass is 9.95. The van der Waals surface area contributed by atoms with Gasteiger partial charge >= 0.3 is 6.09 Å². The Hall–Kier alpha value is -4.71. The Morgan fingerprint density at radius 2 is 1.51 bits per heavy atom. The molecule has 0 atom stereocenters. The SMILES string of the molecule is CC(C)(C)OC(=O)NC(=N)c1ccc2cc(C(=O)NC3CCCCC3)n(Cc3ccc(C(N)=O)cc3)c2c1.CC(C)(C)OC=O.CN. The molecule has 0 radical (unpaired) electrons. The topological polar surface area (TPSA) is 192 Å². The number of rotatable bonds is 7. The molecule has 7 N–H and O–H groups in total. The van der Waals surface area contributed by atoms with E-state index >= 15 is 0 Å². The van der Waals surface area contributed by atoms with Gasteiger partial charge in [-0.25, -0.2) is 4.79 Å². The third-order valence-corrected chi connectivity index (χ3v) is 6.97. The van der Waals surface area contributed by atoms with E-state index in [1.54, 1.807) is 45.0 Å². The molecule has 256 valence electrons. The van der Waals surface area contributed by atoms with Gasteiger partial charge in [0.15, 0.2) is 0 Å². The molecule has 2 aromatic carbocycles. The predicted octanol–water partition coefficient (Wildman–Crippen LogP) is 5.23. The molecule has 1 heterocycles. The van der Waals surface area contributed by atoms with Crippen molar-refractivity contribution >= 4 is 41.1 Å². The number of nitrogens with zero attached hydrogens (tertiary/aromatic N) is 1. The lowest BCUT2D eigenvalue weighted by Gasteiger charge is -2.23. The Kier molecular flexibility index (Phi) is 14.1. The van der Waals surface area contributed by atoms with Crippen LogP contribution < -0.4 is 22.1 Å². The summed E-state index contributed by atoms with van der Waals surface area (Å²) in [5.41, 5.74) is 11.9. The Morgan fingerprint density at radius 3 is 2.02 bits per heavy atom. The van der Waals surface area contributed by atoms with Crippen LogP contribution in [0.5, 0.6) is 0 Å². The van der Waals surface area contributed by atoms with Crippen LogP contribution in [0.4, 0.5) is 4.79 Å². The molecule has 1 aliphatic rings. The molecule has 3 amide bonds. The number of primary amides is 1. The van der Waals surface area contributed by atoms with Crippen LogP contribution in [-0.4, -0.2) is 59.1 Å². The number of carbonyl (C=O) groups is 4. The van der Waals surface area contributed by atoms with Crippen LogP contribution in [0.1, 0.15) is 106 Å².